The van der Waals surface area contributed by atoms with Crippen LogP contribution in [0.2, 0.25) is 0 Å². The second-order valence-electron chi connectivity index (χ2n) is 7.18. The van der Waals surface area contributed by atoms with Crippen LogP contribution in [0.1, 0.15) is 25.7 Å². The van der Waals surface area contributed by atoms with Crippen LogP contribution in [0.3, 0.4) is 0 Å². The Morgan fingerprint density at radius 3 is 2.70 bits per heavy atom. The van der Waals surface area contributed by atoms with E-state index >= 15 is 0 Å². The van der Waals surface area contributed by atoms with Crippen molar-refractivity contribution < 1.29 is 4.74 Å². The summed E-state index contributed by atoms with van der Waals surface area (Å²) in [5, 5.41) is 6.98. The zero-order valence-electron chi connectivity index (χ0n) is 15.7. The number of anilines is 2. The molecule has 4 rings (SSSR count). The first-order chi connectivity index (χ1) is 13.4. The summed E-state index contributed by atoms with van der Waals surface area (Å²) in [7, 11) is 0. The molecule has 2 fully saturated rings. The van der Waals surface area contributed by atoms with E-state index in [9.17, 15) is 0 Å². The quantitative estimate of drug-likeness (QED) is 0.778. The van der Waals surface area contributed by atoms with Crippen molar-refractivity contribution in [3.8, 4) is 11.4 Å². The van der Waals surface area contributed by atoms with E-state index in [2.05, 4.69) is 20.5 Å². The molecule has 1 saturated carbocycles. The smallest absolute Gasteiger partial charge is 0.225 e. The number of ether oxygens (including phenoxy) is 1. The third-order valence-electron chi connectivity index (χ3n) is 5.18. The van der Waals surface area contributed by atoms with Gasteiger partial charge in [0.1, 0.15) is 5.82 Å². The summed E-state index contributed by atoms with van der Waals surface area (Å²) in [6.07, 6.45) is 6.74. The minimum Gasteiger partial charge on any atom is -0.379 e. The average Bonchev–Trinajstić information content (AvgIpc) is 3.22. The van der Waals surface area contributed by atoms with E-state index < -0.39 is 0 Å². The Morgan fingerprint density at radius 2 is 1.93 bits per heavy atom. The van der Waals surface area contributed by atoms with Crippen molar-refractivity contribution in [3.05, 3.63) is 30.5 Å². The maximum atomic E-state index is 5.41. The van der Waals surface area contributed by atoms with Gasteiger partial charge in [0.2, 0.25) is 5.95 Å². The molecule has 3 heterocycles. The van der Waals surface area contributed by atoms with Crippen LogP contribution in [0, 0.1) is 0 Å². The average molecular weight is 368 g/mol. The van der Waals surface area contributed by atoms with Gasteiger partial charge in [-0.25, -0.2) is 4.98 Å². The van der Waals surface area contributed by atoms with Gasteiger partial charge in [-0.05, 0) is 25.0 Å². The van der Waals surface area contributed by atoms with E-state index in [4.69, 9.17) is 14.7 Å². The summed E-state index contributed by atoms with van der Waals surface area (Å²) >= 11 is 0. The van der Waals surface area contributed by atoms with Crippen molar-refractivity contribution in [2.24, 2.45) is 0 Å². The van der Waals surface area contributed by atoms with Crippen molar-refractivity contribution in [1.29, 1.82) is 0 Å². The highest BCUT2D eigenvalue weighted by molar-refractivity contribution is 5.61. The summed E-state index contributed by atoms with van der Waals surface area (Å²) in [5.41, 5.74) is 1.71. The zero-order valence-corrected chi connectivity index (χ0v) is 15.7. The number of hydrogen-bond donors (Lipinski definition) is 2. The molecular weight excluding hydrogens is 340 g/mol. The topological polar surface area (TPSA) is 75.2 Å². The molecule has 0 atom stereocenters. The maximum Gasteiger partial charge on any atom is 0.225 e. The molecule has 0 radical (unpaired) electrons. The molecule has 1 aliphatic carbocycles. The number of nitrogens with zero attached hydrogens (tertiary/aromatic N) is 4. The molecule has 2 aromatic heterocycles. The number of rotatable bonds is 7. The molecule has 0 unspecified atom stereocenters. The summed E-state index contributed by atoms with van der Waals surface area (Å²) in [4.78, 5) is 16.3. The van der Waals surface area contributed by atoms with Crippen molar-refractivity contribution in [2.45, 2.75) is 31.7 Å². The highest BCUT2D eigenvalue weighted by Gasteiger charge is 2.17. The minimum absolute atomic E-state index is 0.477. The van der Waals surface area contributed by atoms with E-state index in [0.29, 0.717) is 12.0 Å². The van der Waals surface area contributed by atoms with Gasteiger partial charge >= 0.3 is 0 Å². The molecule has 2 N–H and O–H groups in total. The molecule has 2 aliphatic rings. The van der Waals surface area contributed by atoms with E-state index in [1.807, 2.05) is 24.3 Å². The monoisotopic (exact) mass is 368 g/mol. The summed E-state index contributed by atoms with van der Waals surface area (Å²) < 4.78 is 5.41. The molecule has 0 amide bonds. The van der Waals surface area contributed by atoms with Crippen molar-refractivity contribution in [2.75, 3.05) is 50.0 Å². The van der Waals surface area contributed by atoms with Crippen LogP contribution in [0.15, 0.2) is 30.5 Å². The molecule has 1 aliphatic heterocycles. The first-order valence-corrected chi connectivity index (χ1v) is 9.98. The number of morpholine rings is 1. The third kappa shape index (κ3) is 5.14. The molecule has 0 aromatic carbocycles. The Kier molecular flexibility index (Phi) is 6.11. The fourth-order valence-electron chi connectivity index (χ4n) is 3.67. The van der Waals surface area contributed by atoms with Crippen molar-refractivity contribution >= 4 is 11.8 Å². The fourth-order valence-corrected chi connectivity index (χ4v) is 3.67. The van der Waals surface area contributed by atoms with Gasteiger partial charge in [0.05, 0.1) is 24.6 Å². The van der Waals surface area contributed by atoms with Gasteiger partial charge < -0.3 is 15.4 Å². The van der Waals surface area contributed by atoms with Gasteiger partial charge in [-0.15, -0.1) is 0 Å². The normalized spacial score (nSPS) is 18.5. The van der Waals surface area contributed by atoms with Crippen LogP contribution in [0.4, 0.5) is 11.8 Å². The molecule has 27 heavy (non-hydrogen) atoms. The number of nitrogens with one attached hydrogen (secondary N) is 2. The molecule has 1 saturated heterocycles. The van der Waals surface area contributed by atoms with Crippen molar-refractivity contribution in [3.63, 3.8) is 0 Å². The number of aromatic nitrogens is 3. The van der Waals surface area contributed by atoms with Crippen LogP contribution >= 0.6 is 0 Å². The van der Waals surface area contributed by atoms with E-state index in [1.54, 1.807) is 6.20 Å². The molecule has 0 spiro atoms. The second kappa shape index (κ2) is 9.10. The van der Waals surface area contributed by atoms with Crippen molar-refractivity contribution in [1.82, 2.24) is 19.9 Å². The minimum atomic E-state index is 0.477. The summed E-state index contributed by atoms with van der Waals surface area (Å²) in [6.45, 7) is 5.48. The van der Waals surface area contributed by atoms with Gasteiger partial charge in [-0.2, -0.15) is 4.98 Å². The largest absolute Gasteiger partial charge is 0.379 e. The maximum absolute atomic E-state index is 5.41. The lowest BCUT2D eigenvalue weighted by Crippen LogP contribution is -2.39. The Hall–Kier alpha value is -2.25. The Balaban J connectivity index is 1.46. The third-order valence-corrected chi connectivity index (χ3v) is 5.18. The van der Waals surface area contributed by atoms with Gasteiger partial charge in [0.25, 0.3) is 0 Å². The van der Waals surface area contributed by atoms with Gasteiger partial charge in [0.15, 0.2) is 0 Å². The zero-order chi connectivity index (χ0) is 18.3. The van der Waals surface area contributed by atoms with E-state index in [1.165, 1.54) is 25.7 Å². The summed E-state index contributed by atoms with van der Waals surface area (Å²) in [6, 6.07) is 8.36. The fraction of sp³-hybridized carbons (Fsp3) is 0.550. The van der Waals surface area contributed by atoms with Gasteiger partial charge in [-0.1, -0.05) is 18.9 Å². The Labute approximate surface area is 160 Å². The SMILES string of the molecule is c1ccc(-c2cc(NCCN3CCOCC3)nc(NC3CCCC3)n2)nc1. The highest BCUT2D eigenvalue weighted by atomic mass is 16.5. The first-order valence-electron chi connectivity index (χ1n) is 9.98. The predicted molar refractivity (Wildman–Crippen MR) is 107 cm³/mol. The molecule has 0 bridgehead atoms. The highest BCUT2D eigenvalue weighted by Crippen LogP contribution is 2.24. The lowest BCUT2D eigenvalue weighted by atomic mass is 10.2. The van der Waals surface area contributed by atoms with Crippen LogP contribution in [-0.4, -0.2) is 65.3 Å². The first kappa shape index (κ1) is 18.1. The van der Waals surface area contributed by atoms with E-state index in [-0.39, 0.29) is 0 Å². The molecule has 2 aromatic rings. The van der Waals surface area contributed by atoms with Crippen LogP contribution in [-0.2, 0) is 4.74 Å². The molecule has 7 nitrogen and oxygen atoms in total. The Bertz CT molecular complexity index is 714. The summed E-state index contributed by atoms with van der Waals surface area (Å²) in [5.74, 6) is 1.54. The van der Waals surface area contributed by atoms with Gasteiger partial charge in [0, 0.05) is 44.5 Å². The predicted octanol–water partition coefficient (Wildman–Crippen LogP) is 2.64. The van der Waals surface area contributed by atoms with Crippen LogP contribution < -0.4 is 10.6 Å². The standard InChI is InChI=1S/C20H28N6O/c1-2-6-16(5-1)23-20-24-18(17-7-3-4-8-21-17)15-19(25-20)22-9-10-26-11-13-27-14-12-26/h3-4,7-8,15-16H,1-2,5-6,9-14H2,(H2,22,23,24,25). The Morgan fingerprint density at radius 1 is 1.07 bits per heavy atom. The molecular formula is C20H28N6O. The number of pyridine rings is 1. The lowest BCUT2D eigenvalue weighted by molar-refractivity contribution is 0.0398. The van der Waals surface area contributed by atoms with Crippen LogP contribution in [0.5, 0.6) is 0 Å². The molecule has 7 heteroatoms. The van der Waals surface area contributed by atoms with Gasteiger partial charge in [-0.3, -0.25) is 9.88 Å². The lowest BCUT2D eigenvalue weighted by Gasteiger charge is -2.26. The molecule has 144 valence electrons. The number of hydrogen-bond acceptors (Lipinski definition) is 7. The second-order valence-corrected chi connectivity index (χ2v) is 7.18. The van der Waals surface area contributed by atoms with Crippen LogP contribution in [0.25, 0.3) is 11.4 Å². The van der Waals surface area contributed by atoms with E-state index in [0.717, 1.165) is 56.6 Å².